The van der Waals surface area contributed by atoms with Crippen molar-refractivity contribution in [3.8, 4) is 0 Å². The molecule has 2 unspecified atom stereocenters. The fraction of sp³-hybridized carbons (Fsp3) is 0.600. The second-order valence-electron chi connectivity index (χ2n) is 5.06. The number of nitrogens with zero attached hydrogens (tertiary/aromatic N) is 1. The molecule has 2 atom stereocenters. The van der Waals surface area contributed by atoms with Crippen LogP contribution < -0.4 is 0 Å². The zero-order chi connectivity index (χ0) is 13.0. The highest BCUT2D eigenvalue weighted by Crippen LogP contribution is 2.16. The number of halogens is 1. The first kappa shape index (κ1) is 13.9. The third-order valence-electron chi connectivity index (χ3n) is 3.62. The first-order chi connectivity index (χ1) is 8.72. The third-order valence-corrected chi connectivity index (χ3v) is 3.97. The molecule has 1 aromatic carbocycles. The van der Waals surface area contributed by atoms with Crippen LogP contribution in [0.1, 0.15) is 25.0 Å². The summed E-state index contributed by atoms with van der Waals surface area (Å²) in [5.74, 6) is 0.581. The summed E-state index contributed by atoms with van der Waals surface area (Å²) in [6.45, 7) is 7.10. The Morgan fingerprint density at radius 3 is 2.56 bits per heavy atom. The fourth-order valence-corrected chi connectivity index (χ4v) is 2.49. The smallest absolute Gasteiger partial charge is 0.0838 e. The zero-order valence-corrected chi connectivity index (χ0v) is 12.0. The van der Waals surface area contributed by atoms with E-state index >= 15 is 0 Å². The SMILES string of the molecule is CCc1ccc(CN2CC(CCl)OCC2C)cc1. The zero-order valence-electron chi connectivity index (χ0n) is 11.2. The average molecular weight is 268 g/mol. The summed E-state index contributed by atoms with van der Waals surface area (Å²) < 4.78 is 5.67. The molecule has 1 heterocycles. The van der Waals surface area contributed by atoms with Crippen LogP contribution in [0.25, 0.3) is 0 Å². The van der Waals surface area contributed by atoms with Crippen LogP contribution in [0.4, 0.5) is 0 Å². The predicted molar refractivity (Wildman–Crippen MR) is 76.2 cm³/mol. The molecule has 0 amide bonds. The van der Waals surface area contributed by atoms with E-state index in [1.807, 2.05) is 0 Å². The van der Waals surface area contributed by atoms with Crippen molar-refractivity contribution < 1.29 is 4.74 Å². The molecule has 0 aliphatic carbocycles. The topological polar surface area (TPSA) is 12.5 Å². The van der Waals surface area contributed by atoms with Crippen LogP contribution in [-0.2, 0) is 17.7 Å². The van der Waals surface area contributed by atoms with Crippen molar-refractivity contribution in [3.63, 3.8) is 0 Å². The van der Waals surface area contributed by atoms with Crippen molar-refractivity contribution in [3.05, 3.63) is 35.4 Å². The summed E-state index contributed by atoms with van der Waals surface area (Å²) in [6, 6.07) is 9.38. The van der Waals surface area contributed by atoms with Crippen LogP contribution in [-0.4, -0.2) is 36.1 Å². The highest BCUT2D eigenvalue weighted by Gasteiger charge is 2.25. The lowest BCUT2D eigenvalue weighted by Crippen LogP contribution is -2.48. The van der Waals surface area contributed by atoms with Crippen LogP contribution in [0.3, 0.4) is 0 Å². The molecule has 0 aromatic heterocycles. The molecular formula is C15H22ClNO. The Morgan fingerprint density at radius 2 is 1.94 bits per heavy atom. The van der Waals surface area contributed by atoms with Crippen molar-refractivity contribution >= 4 is 11.6 Å². The Morgan fingerprint density at radius 1 is 1.28 bits per heavy atom. The standard InChI is InChI=1S/C15H22ClNO/c1-3-13-4-6-14(7-5-13)9-17-10-15(8-16)18-11-12(17)2/h4-7,12,15H,3,8-11H2,1-2H3. The highest BCUT2D eigenvalue weighted by atomic mass is 35.5. The van der Waals surface area contributed by atoms with Gasteiger partial charge < -0.3 is 4.74 Å². The quantitative estimate of drug-likeness (QED) is 0.778. The van der Waals surface area contributed by atoms with Crippen LogP contribution in [0, 0.1) is 0 Å². The van der Waals surface area contributed by atoms with Crippen molar-refractivity contribution in [2.75, 3.05) is 19.0 Å². The molecule has 1 aliphatic rings. The van der Waals surface area contributed by atoms with Crippen molar-refractivity contribution in [1.82, 2.24) is 4.90 Å². The molecule has 1 aliphatic heterocycles. The molecule has 2 rings (SSSR count). The van der Waals surface area contributed by atoms with E-state index < -0.39 is 0 Å². The van der Waals surface area contributed by atoms with Gasteiger partial charge in [0.15, 0.2) is 0 Å². The van der Waals surface area contributed by atoms with Gasteiger partial charge in [-0.15, -0.1) is 11.6 Å². The average Bonchev–Trinajstić information content (AvgIpc) is 2.42. The van der Waals surface area contributed by atoms with E-state index in [-0.39, 0.29) is 6.10 Å². The molecule has 0 radical (unpaired) electrons. The largest absolute Gasteiger partial charge is 0.374 e. The van der Waals surface area contributed by atoms with Gasteiger partial charge in [0, 0.05) is 25.0 Å². The molecule has 0 bridgehead atoms. The van der Waals surface area contributed by atoms with Gasteiger partial charge in [0.05, 0.1) is 12.7 Å². The summed E-state index contributed by atoms with van der Waals surface area (Å²) in [7, 11) is 0. The number of rotatable bonds is 4. The maximum Gasteiger partial charge on any atom is 0.0838 e. The normalized spacial score (nSPS) is 25.3. The minimum absolute atomic E-state index is 0.179. The maximum atomic E-state index is 5.88. The van der Waals surface area contributed by atoms with Crippen molar-refractivity contribution in [1.29, 1.82) is 0 Å². The second kappa shape index (κ2) is 6.55. The Kier molecular flexibility index (Phi) is 5.04. The van der Waals surface area contributed by atoms with E-state index in [4.69, 9.17) is 16.3 Å². The van der Waals surface area contributed by atoms with Crippen molar-refractivity contribution in [2.45, 2.75) is 39.0 Å². The van der Waals surface area contributed by atoms with Crippen LogP contribution in [0.15, 0.2) is 24.3 Å². The lowest BCUT2D eigenvalue weighted by Gasteiger charge is -2.37. The summed E-state index contributed by atoms with van der Waals surface area (Å²) in [6.07, 6.45) is 1.28. The van der Waals surface area contributed by atoms with E-state index in [9.17, 15) is 0 Å². The molecule has 18 heavy (non-hydrogen) atoms. The Bertz CT molecular complexity index is 365. The summed E-state index contributed by atoms with van der Waals surface area (Å²) >= 11 is 5.88. The molecule has 1 saturated heterocycles. The third kappa shape index (κ3) is 3.47. The molecule has 0 saturated carbocycles. The summed E-state index contributed by atoms with van der Waals surface area (Å²) in [5, 5.41) is 0. The lowest BCUT2D eigenvalue weighted by molar-refractivity contribution is -0.0510. The number of aryl methyl sites for hydroxylation is 1. The number of alkyl halides is 1. The summed E-state index contributed by atoms with van der Waals surface area (Å²) in [4.78, 5) is 2.46. The first-order valence-corrected chi connectivity index (χ1v) is 7.25. The van der Waals surface area contributed by atoms with E-state index in [1.54, 1.807) is 0 Å². The van der Waals surface area contributed by atoms with Gasteiger partial charge in [-0.3, -0.25) is 4.90 Å². The van der Waals surface area contributed by atoms with E-state index in [2.05, 4.69) is 43.0 Å². The van der Waals surface area contributed by atoms with Gasteiger partial charge in [0.25, 0.3) is 0 Å². The number of benzene rings is 1. The van der Waals surface area contributed by atoms with Gasteiger partial charge in [-0.1, -0.05) is 31.2 Å². The lowest BCUT2D eigenvalue weighted by atomic mass is 10.1. The minimum Gasteiger partial charge on any atom is -0.374 e. The van der Waals surface area contributed by atoms with E-state index in [0.717, 1.165) is 26.1 Å². The fourth-order valence-electron chi connectivity index (χ4n) is 2.30. The minimum atomic E-state index is 0.179. The van der Waals surface area contributed by atoms with Gasteiger partial charge in [-0.25, -0.2) is 0 Å². The van der Waals surface area contributed by atoms with Gasteiger partial charge in [-0.2, -0.15) is 0 Å². The Balaban J connectivity index is 1.97. The highest BCUT2D eigenvalue weighted by molar-refractivity contribution is 6.18. The number of ether oxygens (including phenoxy) is 1. The molecular weight excluding hydrogens is 246 g/mol. The van der Waals surface area contributed by atoms with E-state index in [1.165, 1.54) is 11.1 Å². The Labute approximate surface area is 115 Å². The van der Waals surface area contributed by atoms with Crippen LogP contribution >= 0.6 is 11.6 Å². The van der Waals surface area contributed by atoms with Gasteiger partial charge in [0.2, 0.25) is 0 Å². The molecule has 100 valence electrons. The summed E-state index contributed by atoms with van der Waals surface area (Å²) in [5.41, 5.74) is 2.77. The van der Waals surface area contributed by atoms with Crippen LogP contribution in [0.5, 0.6) is 0 Å². The molecule has 1 fully saturated rings. The van der Waals surface area contributed by atoms with Crippen LogP contribution in [0.2, 0.25) is 0 Å². The molecule has 2 nitrogen and oxygen atoms in total. The van der Waals surface area contributed by atoms with Gasteiger partial charge in [-0.05, 0) is 24.5 Å². The first-order valence-electron chi connectivity index (χ1n) is 6.72. The molecule has 0 spiro atoms. The van der Waals surface area contributed by atoms with Gasteiger partial charge in [0.1, 0.15) is 0 Å². The Hall–Kier alpha value is -0.570. The number of hydrogen-bond acceptors (Lipinski definition) is 2. The monoisotopic (exact) mass is 267 g/mol. The molecule has 3 heteroatoms. The molecule has 1 aromatic rings. The second-order valence-corrected chi connectivity index (χ2v) is 5.37. The van der Waals surface area contributed by atoms with Gasteiger partial charge >= 0.3 is 0 Å². The number of morpholine rings is 1. The van der Waals surface area contributed by atoms with E-state index in [0.29, 0.717) is 11.9 Å². The maximum absolute atomic E-state index is 5.88. The molecule has 0 N–H and O–H groups in total. The predicted octanol–water partition coefficient (Wildman–Crippen LogP) is 3.08. The number of hydrogen-bond donors (Lipinski definition) is 0. The van der Waals surface area contributed by atoms with Crippen molar-refractivity contribution in [2.24, 2.45) is 0 Å².